The first-order valence-corrected chi connectivity index (χ1v) is 8.26. The summed E-state index contributed by atoms with van der Waals surface area (Å²) in [6, 6.07) is 8.27. The number of hydrogen-bond donors (Lipinski definition) is 3. The summed E-state index contributed by atoms with van der Waals surface area (Å²) in [7, 11) is 1.55. The summed E-state index contributed by atoms with van der Waals surface area (Å²) in [6.07, 6.45) is 2.58. The van der Waals surface area contributed by atoms with E-state index in [9.17, 15) is 15.0 Å². The Morgan fingerprint density at radius 2 is 2.08 bits per heavy atom. The van der Waals surface area contributed by atoms with E-state index in [1.807, 2.05) is 13.0 Å². The van der Waals surface area contributed by atoms with Crippen LogP contribution in [0.3, 0.4) is 0 Å². The molecule has 25 heavy (non-hydrogen) atoms. The van der Waals surface area contributed by atoms with Crippen LogP contribution in [0.15, 0.2) is 36.5 Å². The maximum atomic E-state index is 12.6. The molecule has 6 heteroatoms. The van der Waals surface area contributed by atoms with Gasteiger partial charge in [0.1, 0.15) is 5.75 Å². The monoisotopic (exact) mass is 342 g/mol. The lowest BCUT2D eigenvalue weighted by Crippen LogP contribution is -2.41. The van der Waals surface area contributed by atoms with Gasteiger partial charge in [-0.05, 0) is 48.9 Å². The average molecular weight is 342 g/mol. The second kappa shape index (κ2) is 7.11. The number of hydrogen-bond acceptors (Lipinski definition) is 5. The number of carbonyl (C=O) groups is 1. The third-order valence-electron chi connectivity index (χ3n) is 4.63. The van der Waals surface area contributed by atoms with E-state index in [0.29, 0.717) is 18.7 Å². The zero-order valence-electron chi connectivity index (χ0n) is 14.3. The van der Waals surface area contributed by atoms with Crippen LogP contribution in [-0.2, 0) is 0 Å². The molecule has 1 aliphatic carbocycles. The molecule has 0 bridgehead atoms. The molecule has 1 fully saturated rings. The van der Waals surface area contributed by atoms with Crippen molar-refractivity contribution in [1.29, 1.82) is 0 Å². The van der Waals surface area contributed by atoms with Crippen molar-refractivity contribution in [1.82, 2.24) is 10.3 Å². The average Bonchev–Trinajstić information content (AvgIpc) is 2.57. The first-order valence-electron chi connectivity index (χ1n) is 8.26. The molecule has 6 nitrogen and oxygen atoms in total. The van der Waals surface area contributed by atoms with Crippen LogP contribution in [0.2, 0.25) is 0 Å². The van der Waals surface area contributed by atoms with E-state index in [1.54, 1.807) is 37.6 Å². The van der Waals surface area contributed by atoms with Gasteiger partial charge in [0, 0.05) is 12.3 Å². The smallest absolute Gasteiger partial charge is 0.255 e. The number of aryl methyl sites for hydroxylation is 1. The molecule has 1 amide bonds. The number of nitrogens with zero attached hydrogens (tertiary/aromatic N) is 1. The van der Waals surface area contributed by atoms with Gasteiger partial charge in [-0.25, -0.2) is 4.98 Å². The Bertz CT molecular complexity index is 755. The Balaban J connectivity index is 1.83. The van der Waals surface area contributed by atoms with E-state index in [2.05, 4.69) is 10.3 Å². The molecule has 1 aromatic carbocycles. The molecular formula is C19H22N2O4. The van der Waals surface area contributed by atoms with E-state index in [0.717, 1.165) is 11.1 Å². The summed E-state index contributed by atoms with van der Waals surface area (Å²) in [4.78, 5) is 16.8. The van der Waals surface area contributed by atoms with Gasteiger partial charge in [-0.3, -0.25) is 4.79 Å². The maximum absolute atomic E-state index is 12.6. The van der Waals surface area contributed by atoms with Crippen molar-refractivity contribution >= 4 is 5.91 Å². The van der Waals surface area contributed by atoms with Crippen LogP contribution in [0.1, 0.15) is 40.4 Å². The predicted octanol–water partition coefficient (Wildman–Crippen LogP) is 2.35. The molecule has 2 aromatic rings. The molecule has 1 atom stereocenters. The third kappa shape index (κ3) is 3.74. The highest BCUT2D eigenvalue weighted by Crippen LogP contribution is 2.38. The number of ether oxygens (including phenoxy) is 1. The number of rotatable bonds is 5. The van der Waals surface area contributed by atoms with Crippen molar-refractivity contribution in [2.24, 2.45) is 5.92 Å². The number of methoxy groups -OCH3 is 1. The molecule has 132 valence electrons. The number of phenolic OH excluding ortho intramolecular Hbond substituents is 1. The summed E-state index contributed by atoms with van der Waals surface area (Å²) >= 11 is 0. The first-order chi connectivity index (χ1) is 12.0. The van der Waals surface area contributed by atoms with Crippen LogP contribution in [0, 0.1) is 12.8 Å². The SMILES string of the molecule is COc1ccc([C@@H](NC(=O)c2ccc(C)cc2O)C2CC(O)C2)cn1. The van der Waals surface area contributed by atoms with Gasteiger partial charge in [-0.15, -0.1) is 0 Å². The summed E-state index contributed by atoms with van der Waals surface area (Å²) < 4.78 is 5.07. The number of phenols is 1. The second-order valence-corrected chi connectivity index (χ2v) is 6.49. The van der Waals surface area contributed by atoms with E-state index < -0.39 is 0 Å². The van der Waals surface area contributed by atoms with Crippen molar-refractivity contribution in [2.45, 2.75) is 31.9 Å². The Labute approximate surface area is 146 Å². The zero-order valence-corrected chi connectivity index (χ0v) is 14.3. The number of aromatic hydroxyl groups is 1. The van der Waals surface area contributed by atoms with E-state index in [-0.39, 0.29) is 35.3 Å². The normalized spacial score (nSPS) is 20.4. The van der Waals surface area contributed by atoms with Crippen LogP contribution in [0.5, 0.6) is 11.6 Å². The van der Waals surface area contributed by atoms with Gasteiger partial charge >= 0.3 is 0 Å². The number of amides is 1. The Morgan fingerprint density at radius 3 is 2.64 bits per heavy atom. The molecule has 1 aliphatic rings. The Kier molecular flexibility index (Phi) is 4.90. The van der Waals surface area contributed by atoms with Crippen molar-refractivity contribution in [2.75, 3.05) is 7.11 Å². The molecule has 0 saturated heterocycles. The lowest BCUT2D eigenvalue weighted by molar-refractivity contribution is 0.0234. The summed E-state index contributed by atoms with van der Waals surface area (Å²) in [5.74, 6) is 0.234. The minimum absolute atomic E-state index is 0.0437. The van der Waals surface area contributed by atoms with Crippen LogP contribution >= 0.6 is 0 Å². The highest BCUT2D eigenvalue weighted by molar-refractivity contribution is 5.97. The number of benzene rings is 1. The second-order valence-electron chi connectivity index (χ2n) is 6.49. The molecule has 1 saturated carbocycles. The first kappa shape index (κ1) is 17.2. The van der Waals surface area contributed by atoms with Crippen molar-refractivity contribution < 1.29 is 19.7 Å². The van der Waals surface area contributed by atoms with Crippen molar-refractivity contribution in [3.8, 4) is 11.6 Å². The fourth-order valence-corrected chi connectivity index (χ4v) is 3.12. The van der Waals surface area contributed by atoms with Crippen LogP contribution in [0.4, 0.5) is 0 Å². The summed E-state index contributed by atoms with van der Waals surface area (Å²) in [5.41, 5.74) is 1.96. The standard InChI is InChI=1S/C19H22N2O4/c1-11-3-5-15(16(23)7-11)19(24)21-18(13-8-14(22)9-13)12-4-6-17(25-2)20-10-12/h3-7,10,13-14,18,22-23H,8-9H2,1-2H3,(H,21,24)/t13?,14?,18-/m1/s1. The Hall–Kier alpha value is -2.60. The quantitative estimate of drug-likeness (QED) is 0.776. The number of carbonyl (C=O) groups excluding carboxylic acids is 1. The summed E-state index contributed by atoms with van der Waals surface area (Å²) in [6.45, 7) is 1.85. The van der Waals surface area contributed by atoms with E-state index >= 15 is 0 Å². The maximum Gasteiger partial charge on any atom is 0.255 e. The number of aliphatic hydroxyl groups is 1. The van der Waals surface area contributed by atoms with Crippen LogP contribution in [-0.4, -0.2) is 34.3 Å². The number of aliphatic hydroxyl groups excluding tert-OH is 1. The Morgan fingerprint density at radius 1 is 1.32 bits per heavy atom. The van der Waals surface area contributed by atoms with Gasteiger partial charge in [0.05, 0.1) is 24.8 Å². The largest absolute Gasteiger partial charge is 0.507 e. The minimum atomic E-state index is -0.347. The molecule has 0 radical (unpaired) electrons. The van der Waals surface area contributed by atoms with E-state index in [4.69, 9.17) is 4.74 Å². The molecule has 0 unspecified atom stereocenters. The number of aromatic nitrogens is 1. The molecule has 1 aromatic heterocycles. The van der Waals surface area contributed by atoms with Crippen LogP contribution in [0.25, 0.3) is 0 Å². The van der Waals surface area contributed by atoms with Crippen molar-refractivity contribution in [3.05, 3.63) is 53.2 Å². The fourth-order valence-electron chi connectivity index (χ4n) is 3.12. The summed E-state index contributed by atoms with van der Waals surface area (Å²) in [5, 5.41) is 22.6. The topological polar surface area (TPSA) is 91.7 Å². The van der Waals surface area contributed by atoms with Gasteiger partial charge in [-0.2, -0.15) is 0 Å². The highest BCUT2D eigenvalue weighted by Gasteiger charge is 2.36. The predicted molar refractivity (Wildman–Crippen MR) is 92.6 cm³/mol. The van der Waals surface area contributed by atoms with Gasteiger partial charge in [-0.1, -0.05) is 12.1 Å². The molecule has 0 aliphatic heterocycles. The third-order valence-corrected chi connectivity index (χ3v) is 4.63. The van der Waals surface area contributed by atoms with Gasteiger partial charge < -0.3 is 20.3 Å². The molecule has 3 N–H and O–H groups in total. The molecular weight excluding hydrogens is 320 g/mol. The number of nitrogens with one attached hydrogen (secondary N) is 1. The number of pyridine rings is 1. The lowest BCUT2D eigenvalue weighted by atomic mass is 9.75. The van der Waals surface area contributed by atoms with E-state index in [1.165, 1.54) is 0 Å². The van der Waals surface area contributed by atoms with Gasteiger partial charge in [0.15, 0.2) is 0 Å². The highest BCUT2D eigenvalue weighted by atomic mass is 16.5. The molecule has 1 heterocycles. The van der Waals surface area contributed by atoms with Crippen LogP contribution < -0.4 is 10.1 Å². The fraction of sp³-hybridized carbons (Fsp3) is 0.368. The minimum Gasteiger partial charge on any atom is -0.507 e. The van der Waals surface area contributed by atoms with Gasteiger partial charge in [0.2, 0.25) is 5.88 Å². The molecule has 3 rings (SSSR count). The molecule has 0 spiro atoms. The van der Waals surface area contributed by atoms with Crippen molar-refractivity contribution in [3.63, 3.8) is 0 Å². The zero-order chi connectivity index (χ0) is 18.0. The lowest BCUT2D eigenvalue weighted by Gasteiger charge is -2.38. The van der Waals surface area contributed by atoms with Gasteiger partial charge in [0.25, 0.3) is 5.91 Å².